The summed E-state index contributed by atoms with van der Waals surface area (Å²) in [5.74, 6) is 0.656. The lowest BCUT2D eigenvalue weighted by Gasteiger charge is -2.17. The van der Waals surface area contributed by atoms with E-state index in [0.29, 0.717) is 85.8 Å². The molecule has 0 aliphatic carbocycles. The summed E-state index contributed by atoms with van der Waals surface area (Å²) >= 11 is 12.2. The van der Waals surface area contributed by atoms with Crippen LogP contribution in [0.15, 0.2) is 84.9 Å². The standard InChI is InChI=1S/C23H23ClN6O4.C20H19ClN6O4/c1-23(2)33-12-15(34-23)11-32-19-6-4-5-13-9-18(30(3)20(13)19)22(31)25-17-8-7-14(24)10-16(17)21-26-28-29-27-21;1-27-16(7-11-3-2-4-17(18(11)27)31-10-13(29)9-28)20(30)22-15-6-5-12(21)8-14(15)19-23-25-26-24-19/h4-10,15H,11-12H2,1-3H3,(H,25,31)(H,26,27,28,29);2-8,13,28-29H,9-10H2,1H3,(H,22,30)(H,23,24,25,26)/t15-;13-/m01/s1. The lowest BCUT2D eigenvalue weighted by atomic mass is 10.1. The van der Waals surface area contributed by atoms with Crippen LogP contribution < -0.4 is 20.1 Å². The number of benzene rings is 4. The molecule has 0 unspecified atom stereocenters. The molecule has 336 valence electrons. The van der Waals surface area contributed by atoms with E-state index in [1.807, 2.05) is 55.8 Å². The van der Waals surface area contributed by atoms with Gasteiger partial charge in [-0.25, -0.2) is 10.2 Å². The summed E-state index contributed by atoms with van der Waals surface area (Å²) in [7, 11) is 3.57. The average Bonchev–Trinajstić information content (AvgIpc) is 4.16. The minimum Gasteiger partial charge on any atom is -0.489 e. The van der Waals surface area contributed by atoms with Gasteiger partial charge in [0.1, 0.15) is 48.3 Å². The first kappa shape index (κ1) is 44.7. The molecule has 6 N–H and O–H groups in total. The van der Waals surface area contributed by atoms with Gasteiger partial charge in [0.25, 0.3) is 11.8 Å². The molecule has 9 rings (SSSR count). The molecule has 0 saturated carbocycles. The van der Waals surface area contributed by atoms with Crippen LogP contribution in [0.3, 0.4) is 0 Å². The van der Waals surface area contributed by atoms with Crippen molar-refractivity contribution in [3.8, 4) is 34.3 Å². The van der Waals surface area contributed by atoms with Crippen LogP contribution in [0, 0.1) is 0 Å². The third-order valence-corrected chi connectivity index (χ3v) is 10.8. The molecule has 0 spiro atoms. The maximum atomic E-state index is 13.3. The number of aromatic nitrogens is 10. The number of aryl methyl sites for hydroxylation is 2. The van der Waals surface area contributed by atoms with Gasteiger partial charge in [-0.15, -0.1) is 10.2 Å². The molecule has 0 bridgehead atoms. The van der Waals surface area contributed by atoms with Gasteiger partial charge in [0.2, 0.25) is 0 Å². The number of ether oxygens (including phenoxy) is 4. The summed E-state index contributed by atoms with van der Waals surface area (Å²) in [5.41, 5.74) is 4.49. The lowest BCUT2D eigenvalue weighted by Crippen LogP contribution is -2.25. The van der Waals surface area contributed by atoms with Gasteiger partial charge in [-0.3, -0.25) is 9.59 Å². The van der Waals surface area contributed by atoms with Gasteiger partial charge < -0.3 is 48.9 Å². The van der Waals surface area contributed by atoms with Crippen LogP contribution in [0.4, 0.5) is 11.4 Å². The Morgan fingerprint density at radius 2 is 1.31 bits per heavy atom. The van der Waals surface area contributed by atoms with Crippen molar-refractivity contribution in [2.75, 3.05) is 37.1 Å². The molecule has 8 aromatic rings. The minimum absolute atomic E-state index is 0.0678. The number of para-hydroxylation sites is 2. The Morgan fingerprint density at radius 1 is 0.800 bits per heavy atom. The molecule has 1 fully saturated rings. The predicted molar refractivity (Wildman–Crippen MR) is 240 cm³/mol. The zero-order valence-corrected chi connectivity index (χ0v) is 36.8. The molecule has 2 amide bonds. The molecule has 1 aliphatic rings. The topological polar surface area (TPSA) is 254 Å². The van der Waals surface area contributed by atoms with Gasteiger partial charge in [-0.05, 0) is 95.4 Å². The van der Waals surface area contributed by atoms with Gasteiger partial charge in [0.15, 0.2) is 17.4 Å². The number of nitrogens with one attached hydrogen (secondary N) is 4. The van der Waals surface area contributed by atoms with Crippen molar-refractivity contribution in [1.29, 1.82) is 0 Å². The Kier molecular flexibility index (Phi) is 13.1. The van der Waals surface area contributed by atoms with Crippen LogP contribution in [0.5, 0.6) is 11.5 Å². The van der Waals surface area contributed by atoms with Gasteiger partial charge in [0.05, 0.1) is 35.6 Å². The fraction of sp³-hybridized carbons (Fsp3) is 0.256. The van der Waals surface area contributed by atoms with E-state index < -0.39 is 18.5 Å². The monoisotopic (exact) mass is 924 g/mol. The molecule has 0 radical (unpaired) electrons. The predicted octanol–water partition coefficient (Wildman–Crippen LogP) is 5.79. The van der Waals surface area contributed by atoms with Gasteiger partial charge in [0, 0.05) is 46.0 Å². The first-order valence-electron chi connectivity index (χ1n) is 20.0. The van der Waals surface area contributed by atoms with Crippen molar-refractivity contribution in [1.82, 2.24) is 50.4 Å². The molecule has 2 atom stereocenters. The molecule has 22 heteroatoms. The van der Waals surface area contributed by atoms with E-state index in [1.165, 1.54) is 0 Å². The van der Waals surface area contributed by atoms with E-state index in [0.717, 1.165) is 16.3 Å². The molecular weight excluding hydrogens is 883 g/mol. The Labute approximate surface area is 379 Å². The van der Waals surface area contributed by atoms with Crippen LogP contribution in [-0.4, -0.2) is 117 Å². The highest BCUT2D eigenvalue weighted by atomic mass is 35.5. The minimum atomic E-state index is -0.993. The molecule has 65 heavy (non-hydrogen) atoms. The summed E-state index contributed by atoms with van der Waals surface area (Å²) in [6.07, 6.45) is -1.16. The van der Waals surface area contributed by atoms with Crippen molar-refractivity contribution in [3.05, 3.63) is 106 Å². The summed E-state index contributed by atoms with van der Waals surface area (Å²) in [6, 6.07) is 24.7. The Balaban J connectivity index is 0.000000178. The molecule has 20 nitrogen and oxygen atoms in total. The van der Waals surface area contributed by atoms with E-state index in [-0.39, 0.29) is 24.5 Å². The number of rotatable bonds is 13. The zero-order chi connectivity index (χ0) is 45.8. The number of carbonyl (C=O) groups excluding carboxylic acids is 2. The van der Waals surface area contributed by atoms with Gasteiger partial charge >= 0.3 is 0 Å². The van der Waals surface area contributed by atoms with Crippen molar-refractivity contribution >= 4 is 68.2 Å². The number of tetrazole rings is 2. The third-order valence-electron chi connectivity index (χ3n) is 10.3. The maximum absolute atomic E-state index is 13.3. The first-order chi connectivity index (χ1) is 31.3. The quantitative estimate of drug-likeness (QED) is 0.0801. The van der Waals surface area contributed by atoms with E-state index >= 15 is 0 Å². The van der Waals surface area contributed by atoms with Crippen LogP contribution >= 0.6 is 23.2 Å². The number of anilines is 2. The highest BCUT2D eigenvalue weighted by molar-refractivity contribution is 6.31. The Hall–Kier alpha value is -6.94. The van der Waals surface area contributed by atoms with E-state index in [1.54, 1.807) is 66.2 Å². The summed E-state index contributed by atoms with van der Waals surface area (Å²) in [5, 5.41) is 54.5. The summed E-state index contributed by atoms with van der Waals surface area (Å²) < 4.78 is 26.7. The number of aliphatic hydroxyl groups is 2. The first-order valence-corrected chi connectivity index (χ1v) is 20.8. The largest absolute Gasteiger partial charge is 0.489 e. The molecule has 1 aliphatic heterocycles. The highest BCUT2D eigenvalue weighted by Crippen LogP contribution is 2.34. The zero-order valence-electron chi connectivity index (χ0n) is 35.2. The number of aliphatic hydroxyl groups excluding tert-OH is 2. The van der Waals surface area contributed by atoms with Gasteiger partial charge in [-0.1, -0.05) is 47.5 Å². The third kappa shape index (κ3) is 9.92. The number of halogens is 2. The van der Waals surface area contributed by atoms with Crippen molar-refractivity contribution in [2.24, 2.45) is 14.1 Å². The maximum Gasteiger partial charge on any atom is 0.272 e. The van der Waals surface area contributed by atoms with E-state index in [4.69, 9.17) is 47.3 Å². The number of hydrogen-bond acceptors (Lipinski definition) is 14. The number of amides is 2. The molecule has 5 heterocycles. The Bertz CT molecular complexity index is 2970. The second-order valence-corrected chi connectivity index (χ2v) is 16.1. The fourth-order valence-corrected chi connectivity index (χ4v) is 7.60. The number of fused-ring (bicyclic) bond motifs is 2. The molecular formula is C43H42Cl2N12O8. The van der Waals surface area contributed by atoms with E-state index in [2.05, 4.69) is 51.9 Å². The number of nitrogens with zero attached hydrogens (tertiary/aromatic N) is 8. The lowest BCUT2D eigenvalue weighted by molar-refractivity contribution is -0.141. The highest BCUT2D eigenvalue weighted by Gasteiger charge is 2.33. The number of aromatic amines is 2. The Morgan fingerprint density at radius 3 is 1.75 bits per heavy atom. The normalized spacial score (nSPS) is 14.8. The molecule has 1 saturated heterocycles. The van der Waals surface area contributed by atoms with Crippen molar-refractivity contribution in [2.45, 2.75) is 31.8 Å². The molecule has 4 aromatic heterocycles. The fourth-order valence-electron chi connectivity index (χ4n) is 7.26. The van der Waals surface area contributed by atoms with Crippen molar-refractivity contribution in [3.63, 3.8) is 0 Å². The van der Waals surface area contributed by atoms with Gasteiger partial charge in [-0.2, -0.15) is 0 Å². The smallest absolute Gasteiger partial charge is 0.272 e. The van der Waals surface area contributed by atoms with Crippen LogP contribution in [-0.2, 0) is 23.6 Å². The number of carbonyl (C=O) groups is 2. The van der Waals surface area contributed by atoms with Crippen LogP contribution in [0.1, 0.15) is 34.8 Å². The van der Waals surface area contributed by atoms with Crippen LogP contribution in [0.2, 0.25) is 10.0 Å². The van der Waals surface area contributed by atoms with E-state index in [9.17, 15) is 14.7 Å². The SMILES string of the molecule is Cn1c(C(=O)Nc2ccc(Cl)cc2-c2nnn[nH]2)cc2cccc(OC[C@H](O)CO)c21.Cn1c(C(=O)Nc2ccc(Cl)cc2-c2nnn[nH]2)cc2cccc(OC[C@H]3COC(C)(C)O3)c21. The summed E-state index contributed by atoms with van der Waals surface area (Å²) in [6.45, 7) is 4.09. The molecule has 4 aromatic carbocycles. The second kappa shape index (κ2) is 19.0. The van der Waals surface area contributed by atoms with Crippen LogP contribution in [0.25, 0.3) is 44.6 Å². The number of hydrogen-bond donors (Lipinski definition) is 6. The number of H-pyrrole nitrogens is 2. The van der Waals surface area contributed by atoms with Crippen molar-refractivity contribution < 1.29 is 38.7 Å². The average molecular weight is 926 g/mol. The second-order valence-electron chi connectivity index (χ2n) is 15.3. The summed E-state index contributed by atoms with van der Waals surface area (Å²) in [4.78, 5) is 26.4.